The number of hydrogen-bond acceptors (Lipinski definition) is 2. The van der Waals surface area contributed by atoms with E-state index in [9.17, 15) is 13.9 Å². The molecule has 0 unspecified atom stereocenters. The van der Waals surface area contributed by atoms with E-state index >= 15 is 0 Å². The van der Waals surface area contributed by atoms with Crippen LogP contribution in [0.5, 0.6) is 0 Å². The number of aliphatic hydroxyl groups excluding tert-OH is 1. The van der Waals surface area contributed by atoms with Crippen molar-refractivity contribution in [2.75, 3.05) is 6.54 Å². The molecule has 0 saturated heterocycles. The van der Waals surface area contributed by atoms with Gasteiger partial charge in [0.05, 0.1) is 11.5 Å². The number of halogens is 2. The number of aliphatic hydroxyl groups is 1. The lowest BCUT2D eigenvalue weighted by Gasteiger charge is -2.43. The van der Waals surface area contributed by atoms with E-state index in [1.807, 2.05) is 0 Å². The quantitative estimate of drug-likeness (QED) is 0.872. The Hall–Kier alpha value is -1.00. The molecule has 0 amide bonds. The molecule has 18 heavy (non-hydrogen) atoms. The van der Waals surface area contributed by atoms with Gasteiger partial charge in [0, 0.05) is 12.1 Å². The number of alkyl halides is 2. The topological polar surface area (TPSA) is 46.2 Å². The fourth-order valence-corrected chi connectivity index (χ4v) is 2.76. The second-order valence-electron chi connectivity index (χ2n) is 5.16. The third-order valence-corrected chi connectivity index (χ3v) is 4.11. The van der Waals surface area contributed by atoms with E-state index in [1.54, 1.807) is 18.2 Å². The number of nitrogens with two attached hydrogens (primary N) is 1. The van der Waals surface area contributed by atoms with Crippen LogP contribution in [0.2, 0.25) is 0 Å². The van der Waals surface area contributed by atoms with E-state index in [2.05, 4.69) is 0 Å². The second-order valence-corrected chi connectivity index (χ2v) is 5.16. The predicted molar refractivity (Wildman–Crippen MR) is 66.3 cm³/mol. The molecule has 4 heteroatoms. The highest BCUT2D eigenvalue weighted by Gasteiger charge is 2.54. The molecule has 100 valence electrons. The lowest BCUT2D eigenvalue weighted by molar-refractivity contribution is -0.151. The Balaban J connectivity index is 2.32. The Kier molecular flexibility index (Phi) is 3.69. The van der Waals surface area contributed by atoms with Crippen molar-refractivity contribution >= 4 is 0 Å². The normalized spacial score (nSPS) is 29.2. The first kappa shape index (κ1) is 13.4. The SMILES string of the molecule is NCC1(C(F)(F)c2ccccc2)CCC(O)CC1. The molecule has 2 nitrogen and oxygen atoms in total. The molecule has 3 N–H and O–H groups in total. The van der Waals surface area contributed by atoms with Gasteiger partial charge in [0.15, 0.2) is 0 Å². The molecule has 0 aliphatic heterocycles. The van der Waals surface area contributed by atoms with Crippen molar-refractivity contribution in [1.29, 1.82) is 0 Å². The van der Waals surface area contributed by atoms with Crippen LogP contribution in [-0.4, -0.2) is 17.8 Å². The van der Waals surface area contributed by atoms with Gasteiger partial charge in [-0.05, 0) is 25.7 Å². The molecular formula is C14H19F2NO. The van der Waals surface area contributed by atoms with E-state index in [-0.39, 0.29) is 24.9 Å². The molecule has 1 aromatic carbocycles. The Morgan fingerprint density at radius 1 is 1.22 bits per heavy atom. The molecule has 1 fully saturated rings. The highest BCUT2D eigenvalue weighted by atomic mass is 19.3. The first-order valence-electron chi connectivity index (χ1n) is 6.33. The largest absolute Gasteiger partial charge is 0.393 e. The third kappa shape index (κ3) is 2.15. The molecule has 1 saturated carbocycles. The Labute approximate surface area is 106 Å². The highest BCUT2D eigenvalue weighted by molar-refractivity contribution is 5.23. The van der Waals surface area contributed by atoms with Gasteiger partial charge in [-0.1, -0.05) is 30.3 Å². The minimum absolute atomic E-state index is 0.0202. The fourth-order valence-electron chi connectivity index (χ4n) is 2.76. The Morgan fingerprint density at radius 3 is 2.28 bits per heavy atom. The lowest BCUT2D eigenvalue weighted by atomic mass is 9.67. The van der Waals surface area contributed by atoms with Crippen LogP contribution < -0.4 is 5.73 Å². The van der Waals surface area contributed by atoms with Gasteiger partial charge in [0.1, 0.15) is 0 Å². The standard InChI is InChI=1S/C14H19F2NO/c15-14(16,11-4-2-1-3-5-11)13(10-17)8-6-12(18)7-9-13/h1-5,12,18H,6-10,17H2. The molecule has 1 aliphatic carbocycles. The summed E-state index contributed by atoms with van der Waals surface area (Å²) in [6.45, 7) is -0.0540. The minimum atomic E-state index is -2.94. The molecule has 0 bridgehead atoms. The molecule has 0 atom stereocenters. The molecule has 0 radical (unpaired) electrons. The zero-order valence-electron chi connectivity index (χ0n) is 10.3. The van der Waals surface area contributed by atoms with Gasteiger partial charge in [0.2, 0.25) is 0 Å². The first-order chi connectivity index (χ1) is 8.52. The second kappa shape index (κ2) is 4.94. The summed E-state index contributed by atoms with van der Waals surface area (Å²) in [6.07, 6.45) is 0.884. The first-order valence-corrected chi connectivity index (χ1v) is 6.33. The van der Waals surface area contributed by atoms with Gasteiger partial charge in [-0.3, -0.25) is 0 Å². The summed E-state index contributed by atoms with van der Waals surface area (Å²) in [5, 5.41) is 9.49. The zero-order chi connectivity index (χ0) is 13.2. The third-order valence-electron chi connectivity index (χ3n) is 4.11. The van der Waals surface area contributed by atoms with Gasteiger partial charge in [-0.2, -0.15) is 0 Å². The van der Waals surface area contributed by atoms with E-state index in [1.165, 1.54) is 12.1 Å². The van der Waals surface area contributed by atoms with Crippen LogP contribution in [0.25, 0.3) is 0 Å². The van der Waals surface area contributed by atoms with Crippen molar-refractivity contribution in [3.8, 4) is 0 Å². The molecule has 2 rings (SSSR count). The smallest absolute Gasteiger partial charge is 0.279 e. The van der Waals surface area contributed by atoms with Crippen LogP contribution in [0.1, 0.15) is 31.2 Å². The van der Waals surface area contributed by atoms with E-state index in [0.717, 1.165) is 0 Å². The Morgan fingerprint density at radius 2 is 1.78 bits per heavy atom. The van der Waals surface area contributed by atoms with Crippen LogP contribution in [-0.2, 0) is 5.92 Å². The molecule has 0 aromatic heterocycles. The Bertz CT molecular complexity index is 386. The molecule has 0 heterocycles. The van der Waals surface area contributed by atoms with Crippen molar-refractivity contribution in [1.82, 2.24) is 0 Å². The number of hydrogen-bond donors (Lipinski definition) is 2. The van der Waals surface area contributed by atoms with E-state index in [4.69, 9.17) is 5.73 Å². The number of benzene rings is 1. The maximum Gasteiger partial charge on any atom is 0.279 e. The van der Waals surface area contributed by atoms with Crippen LogP contribution in [0.4, 0.5) is 8.78 Å². The van der Waals surface area contributed by atoms with Crippen LogP contribution in [0.3, 0.4) is 0 Å². The summed E-state index contributed by atoms with van der Waals surface area (Å²) in [5.74, 6) is -2.94. The van der Waals surface area contributed by atoms with E-state index < -0.39 is 17.4 Å². The van der Waals surface area contributed by atoms with Crippen molar-refractivity contribution < 1.29 is 13.9 Å². The van der Waals surface area contributed by atoms with Gasteiger partial charge >= 0.3 is 0 Å². The van der Waals surface area contributed by atoms with Gasteiger partial charge < -0.3 is 10.8 Å². The summed E-state index contributed by atoms with van der Waals surface area (Å²) >= 11 is 0. The van der Waals surface area contributed by atoms with Gasteiger partial charge in [-0.15, -0.1) is 0 Å². The fraction of sp³-hybridized carbons (Fsp3) is 0.571. The molecule has 1 aliphatic rings. The zero-order valence-corrected chi connectivity index (χ0v) is 10.3. The van der Waals surface area contributed by atoms with Crippen LogP contribution in [0.15, 0.2) is 30.3 Å². The summed E-state index contributed by atoms with van der Waals surface area (Å²) in [5.41, 5.74) is 4.45. The van der Waals surface area contributed by atoms with Gasteiger partial charge in [-0.25, -0.2) is 8.78 Å². The van der Waals surface area contributed by atoms with Crippen molar-refractivity contribution in [2.45, 2.75) is 37.7 Å². The van der Waals surface area contributed by atoms with E-state index in [0.29, 0.717) is 12.8 Å². The number of rotatable bonds is 3. The van der Waals surface area contributed by atoms with Crippen LogP contribution in [0, 0.1) is 5.41 Å². The maximum atomic E-state index is 14.7. The predicted octanol–water partition coefficient (Wildman–Crippen LogP) is 2.66. The van der Waals surface area contributed by atoms with Crippen molar-refractivity contribution in [3.63, 3.8) is 0 Å². The average Bonchev–Trinajstić information content (AvgIpc) is 2.41. The minimum Gasteiger partial charge on any atom is -0.393 e. The molecule has 1 aromatic rings. The van der Waals surface area contributed by atoms with Crippen molar-refractivity contribution in [2.24, 2.45) is 11.1 Å². The average molecular weight is 255 g/mol. The van der Waals surface area contributed by atoms with Crippen LogP contribution >= 0.6 is 0 Å². The highest BCUT2D eigenvalue weighted by Crippen LogP contribution is 2.52. The lowest BCUT2D eigenvalue weighted by Crippen LogP contribution is -2.48. The summed E-state index contributed by atoms with van der Waals surface area (Å²) < 4.78 is 29.3. The molecular weight excluding hydrogens is 236 g/mol. The summed E-state index contributed by atoms with van der Waals surface area (Å²) in [4.78, 5) is 0. The maximum absolute atomic E-state index is 14.7. The monoisotopic (exact) mass is 255 g/mol. The van der Waals surface area contributed by atoms with Gasteiger partial charge in [0.25, 0.3) is 5.92 Å². The van der Waals surface area contributed by atoms with Crippen molar-refractivity contribution in [3.05, 3.63) is 35.9 Å². The summed E-state index contributed by atoms with van der Waals surface area (Å²) in [7, 11) is 0. The molecule has 0 spiro atoms. The summed E-state index contributed by atoms with van der Waals surface area (Å²) in [6, 6.07) is 7.85.